The molecule has 0 spiro atoms. The lowest BCUT2D eigenvalue weighted by molar-refractivity contribution is -0.117. The van der Waals surface area contributed by atoms with E-state index in [-0.39, 0.29) is 23.0 Å². The summed E-state index contributed by atoms with van der Waals surface area (Å²) >= 11 is 1.31. The van der Waals surface area contributed by atoms with Crippen molar-refractivity contribution in [2.24, 2.45) is 12.0 Å². The Morgan fingerprint density at radius 3 is 2.43 bits per heavy atom. The third-order valence-corrected chi connectivity index (χ3v) is 7.40. The maximum Gasteiger partial charge on any atom is 0.338 e. The molecule has 9 heteroatoms. The Kier molecular flexibility index (Phi) is 6.52. The van der Waals surface area contributed by atoms with Crippen LogP contribution in [0.1, 0.15) is 29.8 Å². The lowest BCUT2D eigenvalue weighted by Crippen LogP contribution is -2.14. The molecule has 0 fully saturated rings. The van der Waals surface area contributed by atoms with Crippen molar-refractivity contribution in [3.8, 4) is 0 Å². The number of fused-ring (bicyclic) bond motifs is 1. The second-order valence-electron chi connectivity index (χ2n) is 6.58. The largest absolute Gasteiger partial charge is 0.462 e. The molecule has 7 nitrogen and oxygen atoms in total. The zero-order valence-corrected chi connectivity index (χ0v) is 18.5. The first kappa shape index (κ1) is 21.9. The van der Waals surface area contributed by atoms with Crippen LogP contribution in [0.4, 0.5) is 0 Å². The first-order valence-corrected chi connectivity index (χ1v) is 11.9. The van der Waals surface area contributed by atoms with E-state index in [9.17, 15) is 18.0 Å². The van der Waals surface area contributed by atoms with Crippen LogP contribution in [0.15, 0.2) is 52.4 Å². The van der Waals surface area contributed by atoms with Gasteiger partial charge in [-0.15, -0.1) is 0 Å². The number of ether oxygens (including phenoxy) is 1. The van der Waals surface area contributed by atoms with Crippen molar-refractivity contribution in [3.05, 3.63) is 58.4 Å². The predicted molar refractivity (Wildman–Crippen MR) is 115 cm³/mol. The highest BCUT2D eigenvalue weighted by Gasteiger charge is 2.13. The monoisotopic (exact) mass is 446 g/mol. The Morgan fingerprint density at radius 2 is 1.80 bits per heavy atom. The van der Waals surface area contributed by atoms with Gasteiger partial charge in [-0.25, -0.2) is 13.2 Å². The van der Waals surface area contributed by atoms with E-state index in [2.05, 4.69) is 4.99 Å². The quantitative estimate of drug-likeness (QED) is 0.543. The van der Waals surface area contributed by atoms with Crippen LogP contribution in [-0.2, 0) is 32.8 Å². The molecule has 1 aromatic heterocycles. The number of carbonyl (C=O) groups excluding carboxylic acids is 2. The average Bonchev–Trinajstić information content (AvgIpc) is 3.03. The van der Waals surface area contributed by atoms with E-state index in [1.807, 2.05) is 0 Å². The van der Waals surface area contributed by atoms with Crippen molar-refractivity contribution >= 4 is 43.3 Å². The Bertz CT molecular complexity index is 1270. The summed E-state index contributed by atoms with van der Waals surface area (Å²) in [5, 5.41) is 0. The molecule has 1 heterocycles. The van der Waals surface area contributed by atoms with Crippen molar-refractivity contribution < 1.29 is 22.7 Å². The average molecular weight is 447 g/mol. The van der Waals surface area contributed by atoms with Gasteiger partial charge in [-0.05, 0) is 42.8 Å². The van der Waals surface area contributed by atoms with Crippen LogP contribution >= 0.6 is 11.3 Å². The Morgan fingerprint density at radius 1 is 1.10 bits per heavy atom. The smallest absolute Gasteiger partial charge is 0.338 e. The van der Waals surface area contributed by atoms with Crippen LogP contribution in [-0.4, -0.2) is 37.2 Å². The minimum Gasteiger partial charge on any atom is -0.462 e. The molecule has 1 amide bonds. The molecule has 0 bridgehead atoms. The number of sulfone groups is 1. The molecule has 0 N–H and O–H groups in total. The number of amides is 1. The summed E-state index contributed by atoms with van der Waals surface area (Å²) in [6.45, 7) is 3.64. The lowest BCUT2D eigenvalue weighted by Gasteiger charge is -2.02. The van der Waals surface area contributed by atoms with E-state index in [4.69, 9.17) is 4.74 Å². The normalized spacial score (nSPS) is 12.3. The summed E-state index contributed by atoms with van der Waals surface area (Å²) in [6, 6.07) is 11.5. The molecule has 0 saturated carbocycles. The molecular weight excluding hydrogens is 424 g/mol. The molecule has 0 aliphatic rings. The van der Waals surface area contributed by atoms with Gasteiger partial charge in [0.25, 0.3) is 5.91 Å². The molecule has 2 aromatic carbocycles. The summed E-state index contributed by atoms with van der Waals surface area (Å²) in [4.78, 5) is 29.3. The number of hydrogen-bond acceptors (Lipinski definition) is 6. The first-order chi connectivity index (χ1) is 14.2. The minimum atomic E-state index is -3.27. The lowest BCUT2D eigenvalue weighted by atomic mass is 10.1. The second-order valence-corrected chi connectivity index (χ2v) is 9.86. The third-order valence-electron chi connectivity index (χ3n) is 4.56. The minimum absolute atomic E-state index is 0.0287. The maximum atomic E-state index is 12.4. The molecule has 0 saturated heterocycles. The van der Waals surface area contributed by atoms with Crippen LogP contribution in [0.3, 0.4) is 0 Å². The number of benzene rings is 2. The number of hydrogen-bond donors (Lipinski definition) is 0. The van der Waals surface area contributed by atoms with E-state index < -0.39 is 15.8 Å². The van der Waals surface area contributed by atoms with Gasteiger partial charge >= 0.3 is 5.97 Å². The number of carbonyl (C=O) groups is 2. The summed E-state index contributed by atoms with van der Waals surface area (Å²) < 4.78 is 31.4. The number of aryl methyl sites for hydroxylation is 1. The number of aromatic nitrogens is 1. The fourth-order valence-corrected chi connectivity index (χ4v) is 4.84. The molecule has 0 unspecified atom stereocenters. The number of esters is 1. The van der Waals surface area contributed by atoms with Crippen LogP contribution in [0.5, 0.6) is 0 Å². The number of rotatable bonds is 6. The van der Waals surface area contributed by atoms with Crippen LogP contribution in [0.25, 0.3) is 10.2 Å². The predicted octanol–water partition coefficient (Wildman–Crippen LogP) is 2.88. The first-order valence-electron chi connectivity index (χ1n) is 9.41. The van der Waals surface area contributed by atoms with Crippen molar-refractivity contribution in [2.75, 3.05) is 12.4 Å². The van der Waals surface area contributed by atoms with Gasteiger partial charge in [-0.3, -0.25) is 4.79 Å². The fraction of sp³-hybridized carbons (Fsp3) is 0.286. The van der Waals surface area contributed by atoms with Gasteiger partial charge in [0, 0.05) is 7.05 Å². The Labute approximate surface area is 178 Å². The summed E-state index contributed by atoms with van der Waals surface area (Å²) in [6.07, 6.45) is 0.0643. The number of nitrogens with zero attached hydrogens (tertiary/aromatic N) is 2. The van der Waals surface area contributed by atoms with E-state index in [0.717, 1.165) is 10.2 Å². The second kappa shape index (κ2) is 8.93. The molecule has 3 aromatic rings. The van der Waals surface area contributed by atoms with E-state index >= 15 is 0 Å². The van der Waals surface area contributed by atoms with Gasteiger partial charge in [0.2, 0.25) is 0 Å². The zero-order valence-electron chi connectivity index (χ0n) is 16.9. The van der Waals surface area contributed by atoms with Crippen molar-refractivity contribution in [2.45, 2.75) is 25.2 Å². The van der Waals surface area contributed by atoms with Gasteiger partial charge in [0.05, 0.1) is 39.5 Å². The van der Waals surface area contributed by atoms with Gasteiger partial charge in [-0.1, -0.05) is 30.4 Å². The van der Waals surface area contributed by atoms with Crippen LogP contribution in [0.2, 0.25) is 0 Å². The molecule has 0 atom stereocenters. The topological polar surface area (TPSA) is 94.8 Å². The van der Waals surface area contributed by atoms with Crippen molar-refractivity contribution in [1.82, 2.24) is 4.57 Å². The molecule has 158 valence electrons. The highest BCUT2D eigenvalue weighted by atomic mass is 32.2. The SMILES string of the molecule is CCOC(=O)c1ccc2c(c1)sc(=NC(=O)Cc1ccc(S(=O)(=O)CC)cc1)n2C. The summed E-state index contributed by atoms with van der Waals surface area (Å²) in [7, 11) is -1.46. The highest BCUT2D eigenvalue weighted by molar-refractivity contribution is 7.91. The Balaban J connectivity index is 1.84. The van der Waals surface area contributed by atoms with Crippen LogP contribution < -0.4 is 4.80 Å². The fourth-order valence-electron chi connectivity index (χ4n) is 2.88. The van der Waals surface area contributed by atoms with E-state index in [0.29, 0.717) is 22.5 Å². The molecule has 0 radical (unpaired) electrons. The molecular formula is C21H22N2O5S2. The maximum absolute atomic E-state index is 12.4. The van der Waals surface area contributed by atoms with Gasteiger partial charge < -0.3 is 9.30 Å². The number of thiazole rings is 1. The van der Waals surface area contributed by atoms with E-state index in [1.165, 1.54) is 23.5 Å². The van der Waals surface area contributed by atoms with Crippen molar-refractivity contribution in [1.29, 1.82) is 0 Å². The standard InChI is InChI=1S/C21H22N2O5S2/c1-4-28-20(25)15-8-11-17-18(13-15)29-21(23(17)3)22-19(24)12-14-6-9-16(10-7-14)30(26,27)5-2/h6-11,13H,4-5,12H2,1-3H3. The molecule has 0 aliphatic carbocycles. The van der Waals surface area contributed by atoms with Crippen LogP contribution in [0, 0.1) is 0 Å². The molecule has 0 aliphatic heterocycles. The summed E-state index contributed by atoms with van der Waals surface area (Å²) in [5.74, 6) is -0.701. The van der Waals surface area contributed by atoms with Gasteiger partial charge in [-0.2, -0.15) is 4.99 Å². The molecule has 30 heavy (non-hydrogen) atoms. The third kappa shape index (κ3) is 4.68. The zero-order chi connectivity index (χ0) is 21.9. The van der Waals surface area contributed by atoms with Gasteiger partial charge in [0.1, 0.15) is 0 Å². The summed E-state index contributed by atoms with van der Waals surface area (Å²) in [5.41, 5.74) is 1.99. The van der Waals surface area contributed by atoms with E-state index in [1.54, 1.807) is 55.8 Å². The van der Waals surface area contributed by atoms with Gasteiger partial charge in [0.15, 0.2) is 14.6 Å². The highest BCUT2D eigenvalue weighted by Crippen LogP contribution is 2.19. The van der Waals surface area contributed by atoms with Crippen molar-refractivity contribution in [3.63, 3.8) is 0 Å². The Hall–Kier alpha value is -2.78. The molecule has 3 rings (SSSR count).